The van der Waals surface area contributed by atoms with Crippen LogP contribution in [0.2, 0.25) is 0 Å². The third kappa shape index (κ3) is 13.1. The van der Waals surface area contributed by atoms with Crippen LogP contribution in [0, 0.1) is 23.2 Å². The number of hydrogen-bond acceptors (Lipinski definition) is 19. The van der Waals surface area contributed by atoms with E-state index in [1.807, 2.05) is 66.2 Å². The monoisotopic (exact) mass is 1230 g/mol. The van der Waals surface area contributed by atoms with Crippen molar-refractivity contribution in [3.8, 4) is 33.9 Å². The Morgan fingerprint density at radius 3 is 2.35 bits per heavy atom. The Labute approximate surface area is 511 Å². The number of benzene rings is 4. The zero-order chi connectivity index (χ0) is 62.1. The molecule has 2 unspecified atom stereocenters. The van der Waals surface area contributed by atoms with Gasteiger partial charge >= 0.3 is 18.0 Å². The number of aliphatic hydroxyl groups excluding tert-OH is 3. The molecule has 5 fully saturated rings. The van der Waals surface area contributed by atoms with Gasteiger partial charge in [0, 0.05) is 72.9 Å². The minimum absolute atomic E-state index is 0.0349. The van der Waals surface area contributed by atoms with Crippen molar-refractivity contribution in [2.45, 2.75) is 109 Å². The topological polar surface area (TPSA) is 319 Å². The van der Waals surface area contributed by atoms with Crippen molar-refractivity contribution in [3.05, 3.63) is 120 Å². The van der Waals surface area contributed by atoms with Gasteiger partial charge in [0.05, 0.1) is 54.1 Å². The largest absolute Gasteiger partial charge is 0.491 e. The average molecular weight is 1230 g/mol. The third-order valence-corrected chi connectivity index (χ3v) is 18.3. The molecule has 88 heavy (non-hydrogen) atoms. The summed E-state index contributed by atoms with van der Waals surface area (Å²) in [7, 11) is 1.55. The van der Waals surface area contributed by atoms with E-state index >= 15 is 0 Å². The van der Waals surface area contributed by atoms with Crippen LogP contribution in [-0.4, -0.2) is 170 Å². The molecule has 2 amide bonds. The van der Waals surface area contributed by atoms with Gasteiger partial charge in [-0.1, -0.05) is 61.6 Å². The van der Waals surface area contributed by atoms with E-state index in [0.717, 1.165) is 59.8 Å². The number of carboxylic acids is 2. The van der Waals surface area contributed by atoms with Crippen molar-refractivity contribution in [1.29, 1.82) is 0 Å². The summed E-state index contributed by atoms with van der Waals surface area (Å²) in [6.07, 6.45) is -2.57. The number of carbonyl (C=O) groups excluding carboxylic acids is 2. The number of hydrogen-bond donors (Lipinski definition) is 7. The van der Waals surface area contributed by atoms with Crippen molar-refractivity contribution in [3.63, 3.8) is 0 Å². The predicted octanol–water partition coefficient (Wildman–Crippen LogP) is 7.68. The summed E-state index contributed by atoms with van der Waals surface area (Å²) in [6, 6.07) is 26.9. The van der Waals surface area contributed by atoms with E-state index in [1.54, 1.807) is 37.6 Å². The number of rotatable bonds is 25. The minimum Gasteiger partial charge on any atom is -0.491 e. The molecule has 3 aromatic heterocycles. The molecule has 7 aromatic rings. The molecule has 5 aliphatic rings. The second-order valence-electron chi connectivity index (χ2n) is 24.5. The number of methoxy groups -OCH3 is 1. The first-order valence-electron chi connectivity index (χ1n) is 29.3. The molecule has 4 saturated carbocycles. The molecule has 8 N–H and O–H groups in total. The number of aliphatic hydroxyl groups is 3. The van der Waals surface area contributed by atoms with Crippen molar-refractivity contribution >= 4 is 61.4 Å². The van der Waals surface area contributed by atoms with Crippen molar-refractivity contribution in [2.24, 2.45) is 22.0 Å². The van der Waals surface area contributed by atoms with Crippen LogP contribution < -0.4 is 20.5 Å². The molecule has 0 radical (unpaired) electrons. The smallest absolute Gasteiger partial charge is 0.410 e. The van der Waals surface area contributed by atoms with E-state index in [9.17, 15) is 44.7 Å². The van der Waals surface area contributed by atoms with Crippen LogP contribution in [0.5, 0.6) is 11.5 Å². The van der Waals surface area contributed by atoms with Crippen LogP contribution in [0.15, 0.2) is 97.2 Å². The SMILES string of the molecule is COCCN(CCOC12CC3(C)CC(C)(CC(Cn4ncc(-c5ccc(-c6ccc7cccc(C(=O)Nc8nc9ccccc9s8)c7c6)nc5C(=O)O)c4C)(C3)C1)C2)C(=O)OCc1ccc(O[C@@H]2O[C@H](C(=O)O)[C@@H](O)[C@H](O)[C@H]2O)cc1OCCOCCN. The molecule has 4 bridgehead atoms. The number of carboxylic acid groups (broad SMARTS) is 2. The summed E-state index contributed by atoms with van der Waals surface area (Å²) >= 11 is 1.39. The number of aliphatic carboxylic acids is 1. The highest BCUT2D eigenvalue weighted by Crippen LogP contribution is 2.72. The second kappa shape index (κ2) is 25.4. The van der Waals surface area contributed by atoms with Crippen molar-refractivity contribution in [1.82, 2.24) is 24.6 Å². The van der Waals surface area contributed by atoms with E-state index < -0.39 is 54.3 Å². The molecule has 0 spiro atoms. The van der Waals surface area contributed by atoms with Gasteiger partial charge in [0.25, 0.3) is 5.91 Å². The molecule has 4 aliphatic carbocycles. The molecule has 1 saturated heterocycles. The van der Waals surface area contributed by atoms with Crippen molar-refractivity contribution < 1.29 is 77.9 Å². The maximum Gasteiger partial charge on any atom is 0.410 e. The first-order chi connectivity index (χ1) is 42.2. The van der Waals surface area contributed by atoms with E-state index in [-0.39, 0.29) is 85.5 Å². The zero-order valence-corrected chi connectivity index (χ0v) is 50.2. The summed E-state index contributed by atoms with van der Waals surface area (Å²) in [5.74, 6) is -2.80. The quantitative estimate of drug-likeness (QED) is 0.0270. The van der Waals surface area contributed by atoms with Crippen LogP contribution in [-0.2, 0) is 41.6 Å². The third-order valence-electron chi connectivity index (χ3n) is 17.4. The Hall–Kier alpha value is -7.65. The molecule has 23 nitrogen and oxygen atoms in total. The van der Waals surface area contributed by atoms with Gasteiger partial charge in [-0.15, -0.1) is 0 Å². The lowest BCUT2D eigenvalue weighted by atomic mass is 9.39. The van der Waals surface area contributed by atoms with Crippen LogP contribution in [0.1, 0.15) is 84.5 Å². The summed E-state index contributed by atoms with van der Waals surface area (Å²) in [5, 5.41) is 61.3. The number of nitrogens with one attached hydrogen (secondary N) is 1. The fraction of sp³-hybridized carbons (Fsp3) is 0.453. The van der Waals surface area contributed by atoms with Gasteiger partial charge in [-0.2, -0.15) is 5.10 Å². The van der Waals surface area contributed by atoms with Crippen LogP contribution in [0.4, 0.5) is 9.93 Å². The maximum atomic E-state index is 14.0. The Kier molecular flexibility index (Phi) is 17.9. The second-order valence-corrected chi connectivity index (χ2v) is 25.5. The lowest BCUT2D eigenvalue weighted by molar-refractivity contribution is -0.271. The van der Waals surface area contributed by atoms with Gasteiger partial charge in [-0.05, 0) is 121 Å². The van der Waals surface area contributed by atoms with Gasteiger partial charge in [0.15, 0.2) is 16.9 Å². The van der Waals surface area contributed by atoms with Gasteiger partial charge in [-0.25, -0.2) is 24.4 Å². The standard InChI is InChI=1S/C64H73N7O16S/c1-37-45(42-16-17-46(67-50(42)56(76)77)39-13-12-38-8-7-9-43(44(38)26-39)55(75)69-59-68-47-10-5-6-11-49(47)88-59)28-66-71(37)36-63-31-61(2)30-62(3,32-63)34-64(33-61,35-63)85-23-20-70(19-22-81-4)60(80)84-29-40-14-15-41(27-48(40)83-25-24-82-21-18-65)86-58-53(74)51(72)52(73)54(87-58)57(78)79/h5-17,26-28,51-54,58,72-74H,18-25,29-36,65H2,1-4H3,(H,76,77)(H,78,79)(H,68,69,75)/t51-,52-,53+,54-,58+,61?,62?,63?,64?/m0/s1. The molecule has 7 atom stereocenters. The summed E-state index contributed by atoms with van der Waals surface area (Å²) in [5.41, 5.74) is 9.35. The number of aromatic nitrogens is 4. The lowest BCUT2D eigenvalue weighted by Gasteiger charge is -2.69. The molecule has 4 aromatic carbocycles. The van der Waals surface area contributed by atoms with Gasteiger partial charge in [-0.3, -0.25) is 14.8 Å². The number of thiazole rings is 1. The Bertz CT molecular complexity index is 3690. The molecule has 24 heteroatoms. The molecule has 4 heterocycles. The van der Waals surface area contributed by atoms with E-state index in [1.165, 1.54) is 28.4 Å². The van der Waals surface area contributed by atoms with Crippen LogP contribution >= 0.6 is 11.3 Å². The number of anilines is 1. The summed E-state index contributed by atoms with van der Waals surface area (Å²) < 4.78 is 43.9. The molecule has 466 valence electrons. The number of nitrogens with two attached hydrogens (primary N) is 1. The first kappa shape index (κ1) is 62.0. The summed E-state index contributed by atoms with van der Waals surface area (Å²) in [6.45, 7) is 8.71. The normalized spacial score (nSPS) is 25.4. The average Bonchev–Trinajstić information content (AvgIpc) is 0.729. The Balaban J connectivity index is 0.765. The van der Waals surface area contributed by atoms with Gasteiger partial charge in [0.1, 0.15) is 43.0 Å². The highest BCUT2D eigenvalue weighted by Gasteiger charge is 2.66. The number of ether oxygens (including phenoxy) is 7. The zero-order valence-electron chi connectivity index (χ0n) is 49.4. The highest BCUT2D eigenvalue weighted by molar-refractivity contribution is 7.22. The molecular weight excluding hydrogens is 1150 g/mol. The molecular formula is C64H73N7O16S. The predicted molar refractivity (Wildman–Crippen MR) is 323 cm³/mol. The van der Waals surface area contributed by atoms with E-state index in [2.05, 4.69) is 24.1 Å². The van der Waals surface area contributed by atoms with Crippen LogP contribution in [0.25, 0.3) is 43.4 Å². The Morgan fingerprint density at radius 1 is 0.818 bits per heavy atom. The highest BCUT2D eigenvalue weighted by atomic mass is 32.1. The van der Waals surface area contributed by atoms with E-state index in [0.29, 0.717) is 63.7 Å². The number of para-hydroxylation sites is 1. The molecule has 1 aliphatic heterocycles. The van der Waals surface area contributed by atoms with Crippen molar-refractivity contribution in [2.75, 3.05) is 65.1 Å². The van der Waals surface area contributed by atoms with Crippen LogP contribution in [0.3, 0.4) is 0 Å². The number of amides is 2. The number of aromatic carboxylic acids is 1. The minimum atomic E-state index is -1.90. The fourth-order valence-electron chi connectivity index (χ4n) is 14.7. The van der Waals surface area contributed by atoms with Gasteiger partial charge in [0.2, 0.25) is 6.29 Å². The molecule has 12 rings (SSSR count). The number of fused-ring (bicyclic) bond motifs is 2. The van der Waals surface area contributed by atoms with E-state index in [4.69, 9.17) is 49.0 Å². The number of nitrogens with zero attached hydrogens (tertiary/aromatic N) is 5. The fourth-order valence-corrected chi connectivity index (χ4v) is 15.6. The number of carbonyl (C=O) groups is 4. The number of pyridine rings is 1. The maximum absolute atomic E-state index is 14.0. The Morgan fingerprint density at radius 2 is 1.60 bits per heavy atom. The van der Waals surface area contributed by atoms with Gasteiger partial charge < -0.3 is 69.3 Å². The summed E-state index contributed by atoms with van der Waals surface area (Å²) in [4.78, 5) is 63.5. The first-order valence-corrected chi connectivity index (χ1v) is 30.2. The lowest BCUT2D eigenvalue weighted by Crippen LogP contribution is -2.64.